The standard InChI is InChI=1S/C14H12BrNO4S/c1-7(2)16-13(17)12(21-14(16)18)4-8-3-10-11(5-9(8)15)20-6-19-10/h3-5,7H,6H2,1-2H3. The average molecular weight is 370 g/mol. The number of nitrogens with zero attached hydrogens (tertiary/aromatic N) is 1. The maximum absolute atomic E-state index is 12.3. The Kier molecular flexibility index (Phi) is 3.71. The van der Waals surface area contributed by atoms with Crippen LogP contribution in [-0.4, -0.2) is 28.9 Å². The number of carbonyl (C=O) groups excluding carboxylic acids is 2. The SMILES string of the molecule is CC(C)N1C(=O)SC(=Cc2cc3c(cc2Br)OCO3)C1=O. The van der Waals surface area contributed by atoms with Gasteiger partial charge in [-0.2, -0.15) is 0 Å². The molecule has 2 aliphatic rings. The summed E-state index contributed by atoms with van der Waals surface area (Å²) in [5.74, 6) is 1.03. The van der Waals surface area contributed by atoms with Gasteiger partial charge in [0.25, 0.3) is 11.1 Å². The molecule has 0 atom stereocenters. The minimum atomic E-state index is -0.260. The number of rotatable bonds is 2. The van der Waals surface area contributed by atoms with Gasteiger partial charge in [-0.05, 0) is 49.4 Å². The highest BCUT2D eigenvalue weighted by Gasteiger charge is 2.36. The number of hydrogen-bond acceptors (Lipinski definition) is 5. The molecule has 0 spiro atoms. The summed E-state index contributed by atoms with van der Waals surface area (Å²) in [7, 11) is 0. The summed E-state index contributed by atoms with van der Waals surface area (Å²) < 4.78 is 11.4. The van der Waals surface area contributed by atoms with E-state index in [-0.39, 0.29) is 24.0 Å². The minimum absolute atomic E-state index is 0.149. The maximum atomic E-state index is 12.3. The number of amides is 2. The smallest absolute Gasteiger partial charge is 0.293 e. The molecule has 1 fully saturated rings. The van der Waals surface area contributed by atoms with Gasteiger partial charge in [-0.1, -0.05) is 15.9 Å². The van der Waals surface area contributed by atoms with Gasteiger partial charge >= 0.3 is 0 Å². The van der Waals surface area contributed by atoms with Crippen molar-refractivity contribution >= 4 is 44.9 Å². The van der Waals surface area contributed by atoms with E-state index in [2.05, 4.69) is 15.9 Å². The summed E-state index contributed by atoms with van der Waals surface area (Å²) in [6.07, 6.45) is 1.69. The molecule has 1 saturated heterocycles. The molecule has 1 aromatic carbocycles. The van der Waals surface area contributed by atoms with E-state index in [1.165, 1.54) is 4.90 Å². The van der Waals surface area contributed by atoms with Crippen molar-refractivity contribution in [1.29, 1.82) is 0 Å². The maximum Gasteiger partial charge on any atom is 0.293 e. The van der Waals surface area contributed by atoms with Crippen LogP contribution in [0.15, 0.2) is 21.5 Å². The predicted octanol–water partition coefficient (Wildman–Crippen LogP) is 3.62. The Bertz CT molecular complexity index is 671. The number of ether oxygens (including phenoxy) is 2. The predicted molar refractivity (Wildman–Crippen MR) is 83.2 cm³/mol. The highest BCUT2D eigenvalue weighted by molar-refractivity contribution is 9.10. The van der Waals surface area contributed by atoms with Gasteiger partial charge in [0.15, 0.2) is 11.5 Å². The van der Waals surface area contributed by atoms with Gasteiger partial charge < -0.3 is 9.47 Å². The largest absolute Gasteiger partial charge is 0.454 e. The molecule has 2 heterocycles. The van der Waals surface area contributed by atoms with E-state index >= 15 is 0 Å². The zero-order chi connectivity index (χ0) is 15.1. The van der Waals surface area contributed by atoms with Crippen LogP contribution in [0.1, 0.15) is 19.4 Å². The average Bonchev–Trinajstić information content (AvgIpc) is 2.94. The van der Waals surface area contributed by atoms with Crippen molar-refractivity contribution in [3.05, 3.63) is 27.1 Å². The van der Waals surface area contributed by atoms with Crippen molar-refractivity contribution in [1.82, 2.24) is 4.90 Å². The summed E-state index contributed by atoms with van der Waals surface area (Å²) in [5.41, 5.74) is 0.772. The molecule has 7 heteroatoms. The Morgan fingerprint density at radius 3 is 2.57 bits per heavy atom. The first-order chi connectivity index (χ1) is 9.97. The van der Waals surface area contributed by atoms with Crippen LogP contribution in [0.3, 0.4) is 0 Å². The molecule has 0 N–H and O–H groups in total. The van der Waals surface area contributed by atoms with Crippen molar-refractivity contribution in [3.63, 3.8) is 0 Å². The Hall–Kier alpha value is -1.47. The highest BCUT2D eigenvalue weighted by Crippen LogP contribution is 2.40. The third kappa shape index (κ3) is 2.55. The van der Waals surface area contributed by atoms with Gasteiger partial charge in [-0.3, -0.25) is 14.5 Å². The van der Waals surface area contributed by atoms with E-state index in [1.54, 1.807) is 18.2 Å². The van der Waals surface area contributed by atoms with Crippen LogP contribution in [0.4, 0.5) is 4.79 Å². The number of thioether (sulfide) groups is 1. The molecule has 3 rings (SSSR count). The van der Waals surface area contributed by atoms with Gasteiger partial charge in [-0.25, -0.2) is 0 Å². The summed E-state index contributed by atoms with van der Waals surface area (Å²) in [6.45, 7) is 3.82. The quantitative estimate of drug-likeness (QED) is 0.745. The van der Waals surface area contributed by atoms with Crippen LogP contribution in [-0.2, 0) is 4.79 Å². The number of imide groups is 1. The van der Waals surface area contributed by atoms with Gasteiger partial charge in [0.05, 0.1) is 4.91 Å². The summed E-state index contributed by atoms with van der Waals surface area (Å²) in [6, 6.07) is 3.43. The molecule has 0 saturated carbocycles. The molecule has 1 aromatic rings. The van der Waals surface area contributed by atoms with Crippen LogP contribution in [0.5, 0.6) is 11.5 Å². The molecule has 5 nitrogen and oxygen atoms in total. The van der Waals surface area contributed by atoms with Crippen LogP contribution in [0.2, 0.25) is 0 Å². The van der Waals surface area contributed by atoms with E-state index in [1.807, 2.05) is 13.8 Å². The first-order valence-corrected chi connectivity index (χ1v) is 7.94. The first-order valence-electron chi connectivity index (χ1n) is 6.33. The second kappa shape index (κ2) is 5.38. The monoisotopic (exact) mass is 369 g/mol. The third-order valence-corrected chi connectivity index (χ3v) is 4.69. The number of halogens is 1. The van der Waals surface area contributed by atoms with Gasteiger partial charge in [0, 0.05) is 10.5 Å². The summed E-state index contributed by atoms with van der Waals surface area (Å²) >= 11 is 4.39. The van der Waals surface area contributed by atoms with Gasteiger partial charge in [0.1, 0.15) is 0 Å². The first kappa shape index (κ1) is 14.5. The lowest BCUT2D eigenvalue weighted by molar-refractivity contribution is -0.123. The fourth-order valence-corrected chi connectivity index (χ4v) is 3.50. The molecule has 0 radical (unpaired) electrons. The number of benzene rings is 1. The van der Waals surface area contributed by atoms with E-state index in [4.69, 9.17) is 9.47 Å². The molecule has 2 amide bonds. The molecular weight excluding hydrogens is 358 g/mol. The van der Waals surface area contributed by atoms with Crippen LogP contribution in [0, 0.1) is 0 Å². The van der Waals surface area contributed by atoms with Crippen LogP contribution in [0.25, 0.3) is 6.08 Å². The molecule has 0 aliphatic carbocycles. The molecule has 110 valence electrons. The fourth-order valence-electron chi connectivity index (χ4n) is 2.11. The lowest BCUT2D eigenvalue weighted by Crippen LogP contribution is -2.34. The van der Waals surface area contributed by atoms with Crippen LogP contribution < -0.4 is 9.47 Å². The zero-order valence-electron chi connectivity index (χ0n) is 11.4. The van der Waals surface area contributed by atoms with Crippen molar-refractivity contribution in [2.45, 2.75) is 19.9 Å². The van der Waals surface area contributed by atoms with Crippen molar-refractivity contribution in [2.75, 3.05) is 6.79 Å². The number of carbonyl (C=O) groups is 2. The van der Waals surface area contributed by atoms with Gasteiger partial charge in [-0.15, -0.1) is 0 Å². The third-order valence-electron chi connectivity index (χ3n) is 3.12. The second-order valence-corrected chi connectivity index (χ2v) is 6.72. The Morgan fingerprint density at radius 2 is 1.95 bits per heavy atom. The zero-order valence-corrected chi connectivity index (χ0v) is 13.8. The van der Waals surface area contributed by atoms with Crippen molar-refractivity contribution in [2.24, 2.45) is 0 Å². The topological polar surface area (TPSA) is 55.8 Å². The lowest BCUT2D eigenvalue weighted by Gasteiger charge is -2.16. The second-order valence-electron chi connectivity index (χ2n) is 4.87. The normalized spacial score (nSPS) is 19.2. The van der Waals surface area contributed by atoms with E-state index in [0.717, 1.165) is 21.8 Å². The van der Waals surface area contributed by atoms with E-state index < -0.39 is 0 Å². The Labute approximate surface area is 134 Å². The van der Waals surface area contributed by atoms with Crippen molar-refractivity contribution in [3.8, 4) is 11.5 Å². The lowest BCUT2D eigenvalue weighted by atomic mass is 10.2. The van der Waals surface area contributed by atoms with E-state index in [9.17, 15) is 9.59 Å². The number of hydrogen-bond donors (Lipinski definition) is 0. The van der Waals surface area contributed by atoms with Crippen molar-refractivity contribution < 1.29 is 19.1 Å². The molecular formula is C14H12BrNO4S. The minimum Gasteiger partial charge on any atom is -0.454 e. The molecule has 0 unspecified atom stereocenters. The van der Waals surface area contributed by atoms with E-state index in [0.29, 0.717) is 16.4 Å². The van der Waals surface area contributed by atoms with Crippen LogP contribution >= 0.6 is 27.7 Å². The Balaban J connectivity index is 1.96. The molecule has 0 bridgehead atoms. The summed E-state index contributed by atoms with van der Waals surface area (Å²) in [5, 5.41) is -0.238. The molecule has 21 heavy (non-hydrogen) atoms. The fraction of sp³-hybridized carbons (Fsp3) is 0.286. The molecule has 2 aliphatic heterocycles. The highest BCUT2D eigenvalue weighted by atomic mass is 79.9. The summed E-state index contributed by atoms with van der Waals surface area (Å²) in [4.78, 5) is 25.8. The number of fused-ring (bicyclic) bond motifs is 1. The van der Waals surface area contributed by atoms with Gasteiger partial charge in [0.2, 0.25) is 6.79 Å². The molecule has 0 aromatic heterocycles. The Morgan fingerprint density at radius 1 is 1.29 bits per heavy atom.